The molecule has 17 heavy (non-hydrogen) atoms. The zero-order valence-electron chi connectivity index (χ0n) is 9.87. The van der Waals surface area contributed by atoms with E-state index in [1.807, 2.05) is 0 Å². The van der Waals surface area contributed by atoms with Crippen LogP contribution in [0.1, 0.15) is 11.1 Å². The molecule has 1 rings (SSSR count). The molecular formula is C10H15N3O3S. The van der Waals surface area contributed by atoms with Gasteiger partial charge in [-0.05, 0) is 37.1 Å². The first-order valence-corrected chi connectivity index (χ1v) is 6.43. The first-order valence-electron chi connectivity index (χ1n) is 4.88. The van der Waals surface area contributed by atoms with Crippen molar-refractivity contribution in [2.24, 2.45) is 5.14 Å². The van der Waals surface area contributed by atoms with Crippen molar-refractivity contribution in [1.29, 1.82) is 0 Å². The number of carbonyl (C=O) groups excluding carboxylic acids is 1. The van der Waals surface area contributed by atoms with E-state index in [2.05, 4.69) is 10.6 Å². The normalized spacial score (nSPS) is 11.1. The predicted octanol–water partition coefficient (Wildman–Crippen LogP) is 0.702. The Kier molecular flexibility index (Phi) is 3.74. The van der Waals surface area contributed by atoms with Crippen LogP contribution in [-0.2, 0) is 10.0 Å². The monoisotopic (exact) mass is 257 g/mol. The molecule has 0 atom stereocenters. The lowest BCUT2D eigenvalue weighted by Crippen LogP contribution is -2.25. The zero-order chi connectivity index (χ0) is 13.2. The number of aryl methyl sites for hydroxylation is 1. The van der Waals surface area contributed by atoms with E-state index in [0.717, 1.165) is 11.1 Å². The average molecular weight is 257 g/mol. The molecule has 7 heteroatoms. The van der Waals surface area contributed by atoms with E-state index in [9.17, 15) is 13.2 Å². The maximum absolute atomic E-state index is 11.3. The highest BCUT2D eigenvalue weighted by Crippen LogP contribution is 2.23. The molecule has 0 saturated heterocycles. The van der Waals surface area contributed by atoms with Crippen molar-refractivity contribution in [3.05, 3.63) is 23.3 Å². The van der Waals surface area contributed by atoms with Gasteiger partial charge in [-0.25, -0.2) is 18.4 Å². The largest absolute Gasteiger partial charge is 0.341 e. The number of nitrogens with one attached hydrogen (secondary N) is 2. The maximum Gasteiger partial charge on any atom is 0.318 e. The molecule has 6 nitrogen and oxygen atoms in total. The maximum atomic E-state index is 11.3. The Morgan fingerprint density at radius 1 is 1.29 bits per heavy atom. The summed E-state index contributed by atoms with van der Waals surface area (Å²) in [5.41, 5.74) is 1.96. The number of carbonyl (C=O) groups is 1. The predicted molar refractivity (Wildman–Crippen MR) is 65.4 cm³/mol. The minimum absolute atomic E-state index is 0.0213. The molecule has 0 radical (unpaired) electrons. The lowest BCUT2D eigenvalue weighted by atomic mass is 10.1. The topological polar surface area (TPSA) is 101 Å². The van der Waals surface area contributed by atoms with Gasteiger partial charge in [-0.15, -0.1) is 0 Å². The first-order chi connectivity index (χ1) is 7.75. The van der Waals surface area contributed by atoms with Gasteiger partial charge < -0.3 is 10.6 Å². The fourth-order valence-corrected chi connectivity index (χ4v) is 1.93. The second-order valence-electron chi connectivity index (χ2n) is 3.66. The summed E-state index contributed by atoms with van der Waals surface area (Å²) in [5.74, 6) is 0. The summed E-state index contributed by atoms with van der Waals surface area (Å²) < 4.78 is 22.5. The van der Waals surface area contributed by atoms with E-state index in [4.69, 9.17) is 5.14 Å². The fraction of sp³-hybridized carbons (Fsp3) is 0.300. The summed E-state index contributed by atoms with van der Waals surface area (Å²) >= 11 is 0. The van der Waals surface area contributed by atoms with Crippen LogP contribution < -0.4 is 15.8 Å². The van der Waals surface area contributed by atoms with Gasteiger partial charge in [0.15, 0.2) is 0 Å². The summed E-state index contributed by atoms with van der Waals surface area (Å²) in [6.45, 7) is 3.53. The summed E-state index contributed by atoms with van der Waals surface area (Å²) in [5, 5.41) is 9.98. The Morgan fingerprint density at radius 2 is 1.88 bits per heavy atom. The minimum Gasteiger partial charge on any atom is -0.341 e. The number of amides is 2. The van der Waals surface area contributed by atoms with Crippen molar-refractivity contribution >= 4 is 21.7 Å². The molecule has 1 aromatic carbocycles. The Hall–Kier alpha value is -1.60. The number of hydrogen-bond donors (Lipinski definition) is 3. The number of anilines is 1. The fourth-order valence-electron chi connectivity index (χ4n) is 1.31. The summed E-state index contributed by atoms with van der Waals surface area (Å²) in [4.78, 5) is 11.2. The van der Waals surface area contributed by atoms with E-state index in [0.29, 0.717) is 5.69 Å². The number of urea groups is 1. The van der Waals surface area contributed by atoms with Crippen LogP contribution in [-0.4, -0.2) is 21.5 Å². The smallest absolute Gasteiger partial charge is 0.318 e. The number of benzene rings is 1. The lowest BCUT2D eigenvalue weighted by molar-refractivity contribution is 0.254. The molecule has 0 aliphatic heterocycles. The Morgan fingerprint density at radius 3 is 2.35 bits per heavy atom. The molecule has 2 amide bonds. The van der Waals surface area contributed by atoms with Crippen molar-refractivity contribution in [3.63, 3.8) is 0 Å². The Labute approximate surface area is 100 Å². The quantitative estimate of drug-likeness (QED) is 0.727. The van der Waals surface area contributed by atoms with Gasteiger partial charge in [0.05, 0.1) is 4.90 Å². The molecule has 0 fully saturated rings. The molecule has 0 aromatic heterocycles. The van der Waals surface area contributed by atoms with Gasteiger partial charge in [0.1, 0.15) is 0 Å². The van der Waals surface area contributed by atoms with Gasteiger partial charge in [-0.1, -0.05) is 0 Å². The Bertz CT molecular complexity index is 552. The lowest BCUT2D eigenvalue weighted by Gasteiger charge is -2.12. The first kappa shape index (κ1) is 13.5. The van der Waals surface area contributed by atoms with Crippen LogP contribution in [0.4, 0.5) is 10.5 Å². The molecule has 0 aliphatic rings. The van der Waals surface area contributed by atoms with E-state index < -0.39 is 16.1 Å². The number of nitrogens with two attached hydrogens (primary N) is 1. The van der Waals surface area contributed by atoms with Gasteiger partial charge in [-0.2, -0.15) is 0 Å². The molecule has 0 heterocycles. The molecule has 0 bridgehead atoms. The highest BCUT2D eigenvalue weighted by atomic mass is 32.2. The van der Waals surface area contributed by atoms with Crippen LogP contribution in [0.15, 0.2) is 17.0 Å². The van der Waals surface area contributed by atoms with Crippen molar-refractivity contribution < 1.29 is 13.2 Å². The second kappa shape index (κ2) is 4.72. The van der Waals surface area contributed by atoms with Crippen LogP contribution in [0.5, 0.6) is 0 Å². The summed E-state index contributed by atoms with van der Waals surface area (Å²) in [7, 11) is -2.31. The Balaban J connectivity index is 3.30. The molecular weight excluding hydrogens is 242 g/mol. The molecule has 1 aromatic rings. The van der Waals surface area contributed by atoms with Crippen molar-refractivity contribution in [2.45, 2.75) is 18.7 Å². The van der Waals surface area contributed by atoms with Crippen LogP contribution >= 0.6 is 0 Å². The number of rotatable bonds is 2. The molecule has 0 spiro atoms. The van der Waals surface area contributed by atoms with E-state index >= 15 is 0 Å². The third-order valence-corrected chi connectivity index (χ3v) is 3.34. The van der Waals surface area contributed by atoms with Crippen LogP contribution in [0.2, 0.25) is 0 Å². The van der Waals surface area contributed by atoms with E-state index in [-0.39, 0.29) is 4.90 Å². The second-order valence-corrected chi connectivity index (χ2v) is 5.22. The number of hydrogen-bond acceptors (Lipinski definition) is 3. The molecule has 94 valence electrons. The van der Waals surface area contributed by atoms with Gasteiger partial charge >= 0.3 is 6.03 Å². The number of sulfonamides is 1. The highest BCUT2D eigenvalue weighted by molar-refractivity contribution is 7.89. The van der Waals surface area contributed by atoms with E-state index in [1.54, 1.807) is 13.8 Å². The minimum atomic E-state index is -3.78. The third kappa shape index (κ3) is 3.18. The standard InChI is InChI=1S/C10H15N3O3S/c1-6-4-8(17(11,15)16)5-9(7(6)2)13-10(14)12-3/h4-5H,1-3H3,(H2,11,15,16)(H2,12,13,14). The van der Waals surface area contributed by atoms with Crippen molar-refractivity contribution in [1.82, 2.24) is 5.32 Å². The molecule has 0 aliphatic carbocycles. The number of primary sulfonamides is 1. The van der Waals surface area contributed by atoms with Crippen LogP contribution in [0, 0.1) is 13.8 Å². The van der Waals surface area contributed by atoms with Gasteiger partial charge in [0.2, 0.25) is 10.0 Å². The van der Waals surface area contributed by atoms with Crippen LogP contribution in [0.25, 0.3) is 0 Å². The highest BCUT2D eigenvalue weighted by Gasteiger charge is 2.13. The summed E-state index contributed by atoms with van der Waals surface area (Å²) in [6.07, 6.45) is 0. The van der Waals surface area contributed by atoms with Gasteiger partial charge in [0.25, 0.3) is 0 Å². The molecule has 0 saturated carbocycles. The third-order valence-electron chi connectivity index (χ3n) is 2.44. The van der Waals surface area contributed by atoms with Crippen LogP contribution in [0.3, 0.4) is 0 Å². The molecule has 4 N–H and O–H groups in total. The van der Waals surface area contributed by atoms with Gasteiger partial charge in [-0.3, -0.25) is 0 Å². The van der Waals surface area contributed by atoms with Crippen molar-refractivity contribution in [3.8, 4) is 0 Å². The average Bonchev–Trinajstić information content (AvgIpc) is 2.22. The zero-order valence-corrected chi connectivity index (χ0v) is 10.7. The summed E-state index contributed by atoms with van der Waals surface area (Å²) in [6, 6.07) is 2.39. The molecule has 0 unspecified atom stereocenters. The van der Waals surface area contributed by atoms with Gasteiger partial charge in [0, 0.05) is 12.7 Å². The van der Waals surface area contributed by atoms with Crippen molar-refractivity contribution in [2.75, 3.05) is 12.4 Å². The van der Waals surface area contributed by atoms with E-state index in [1.165, 1.54) is 19.2 Å². The SMILES string of the molecule is CNC(=O)Nc1cc(S(N)(=O)=O)cc(C)c1C.